The van der Waals surface area contributed by atoms with Gasteiger partial charge in [0.25, 0.3) is 0 Å². The second kappa shape index (κ2) is 4.97. The van der Waals surface area contributed by atoms with E-state index in [4.69, 9.17) is 0 Å². The van der Waals surface area contributed by atoms with E-state index in [9.17, 15) is 0 Å². The largest absolute Gasteiger partial charge is 0.307 e. The van der Waals surface area contributed by atoms with Gasteiger partial charge in [-0.1, -0.05) is 6.42 Å². The molecule has 0 spiro atoms. The molecule has 100 valence electrons. The highest BCUT2D eigenvalue weighted by molar-refractivity contribution is 4.94. The smallest absolute Gasteiger partial charge is 0.140 e. The maximum absolute atomic E-state index is 4.27. The molecule has 18 heavy (non-hydrogen) atoms. The van der Waals surface area contributed by atoms with Gasteiger partial charge in [0.1, 0.15) is 12.2 Å². The average Bonchev–Trinajstić information content (AvgIpc) is 2.73. The first kappa shape index (κ1) is 12.1. The van der Waals surface area contributed by atoms with Crippen LogP contribution >= 0.6 is 0 Å². The maximum atomic E-state index is 4.27. The molecule has 2 fully saturated rings. The quantitative estimate of drug-likeness (QED) is 0.865. The molecule has 0 aliphatic carbocycles. The number of nitrogens with one attached hydrogen (secondary N) is 1. The summed E-state index contributed by atoms with van der Waals surface area (Å²) in [4.78, 5) is 6.87. The van der Waals surface area contributed by atoms with E-state index in [0.29, 0.717) is 6.04 Å². The molecule has 1 aromatic rings. The second-order valence-corrected chi connectivity index (χ2v) is 5.75. The molecule has 0 amide bonds. The summed E-state index contributed by atoms with van der Waals surface area (Å²) in [6.07, 6.45) is 8.34. The Bertz CT molecular complexity index is 388. The predicted molar refractivity (Wildman–Crippen MR) is 70.1 cm³/mol. The van der Waals surface area contributed by atoms with Gasteiger partial charge in [-0.2, -0.15) is 5.10 Å². The molecule has 2 atom stereocenters. The number of hydrogen-bond donors (Lipinski definition) is 1. The van der Waals surface area contributed by atoms with Crippen molar-refractivity contribution in [3.05, 3.63) is 12.2 Å². The Morgan fingerprint density at radius 2 is 2.00 bits per heavy atom. The van der Waals surface area contributed by atoms with Gasteiger partial charge >= 0.3 is 0 Å². The van der Waals surface area contributed by atoms with Crippen molar-refractivity contribution in [2.75, 3.05) is 7.05 Å². The Balaban J connectivity index is 1.57. The summed E-state index contributed by atoms with van der Waals surface area (Å²) in [6.45, 7) is 0.838. The van der Waals surface area contributed by atoms with Crippen LogP contribution in [0.4, 0.5) is 0 Å². The Morgan fingerprint density at radius 1 is 1.28 bits per heavy atom. The molecule has 3 heterocycles. The number of fused-ring (bicyclic) bond motifs is 2. The van der Waals surface area contributed by atoms with Crippen molar-refractivity contribution in [3.63, 3.8) is 0 Å². The summed E-state index contributed by atoms with van der Waals surface area (Å²) < 4.78 is 1.85. The van der Waals surface area contributed by atoms with E-state index in [1.807, 2.05) is 11.7 Å². The first-order chi connectivity index (χ1) is 8.74. The highest BCUT2D eigenvalue weighted by Crippen LogP contribution is 2.32. The topological polar surface area (TPSA) is 46.0 Å². The van der Waals surface area contributed by atoms with Gasteiger partial charge < -0.3 is 10.2 Å². The fourth-order valence-corrected chi connectivity index (χ4v) is 3.50. The molecule has 5 nitrogen and oxygen atoms in total. The predicted octanol–water partition coefficient (Wildman–Crippen LogP) is 0.920. The first-order valence-electron chi connectivity index (χ1n) is 7.02. The van der Waals surface area contributed by atoms with Gasteiger partial charge in [-0.25, -0.2) is 4.98 Å². The Kier molecular flexibility index (Phi) is 3.35. The van der Waals surface area contributed by atoms with Crippen LogP contribution in [0.15, 0.2) is 6.33 Å². The third kappa shape index (κ3) is 2.29. The van der Waals surface area contributed by atoms with Crippen LogP contribution < -0.4 is 5.32 Å². The third-order valence-electron chi connectivity index (χ3n) is 4.69. The number of aromatic nitrogens is 3. The number of hydrogen-bond acceptors (Lipinski definition) is 4. The van der Waals surface area contributed by atoms with Crippen LogP contribution in [0.2, 0.25) is 0 Å². The lowest BCUT2D eigenvalue weighted by Crippen LogP contribution is -2.54. The monoisotopic (exact) mass is 249 g/mol. The minimum absolute atomic E-state index is 0.646. The maximum Gasteiger partial charge on any atom is 0.140 e. The summed E-state index contributed by atoms with van der Waals surface area (Å²) in [6, 6.07) is 2.22. The highest BCUT2D eigenvalue weighted by Gasteiger charge is 2.35. The summed E-state index contributed by atoms with van der Waals surface area (Å²) in [5.74, 6) is 1.03. The van der Waals surface area contributed by atoms with Gasteiger partial charge in [-0.05, 0) is 32.7 Å². The lowest BCUT2D eigenvalue weighted by molar-refractivity contribution is 0.0480. The lowest BCUT2D eigenvalue weighted by atomic mass is 9.82. The molecule has 0 aromatic carbocycles. The van der Waals surface area contributed by atoms with Gasteiger partial charge in [0.15, 0.2) is 0 Å². The first-order valence-corrected chi connectivity index (χ1v) is 7.02. The van der Waals surface area contributed by atoms with Crippen LogP contribution in [0.3, 0.4) is 0 Å². The van der Waals surface area contributed by atoms with Gasteiger partial charge in [0.2, 0.25) is 0 Å². The molecule has 2 saturated heterocycles. The average molecular weight is 249 g/mol. The third-order valence-corrected chi connectivity index (χ3v) is 4.69. The van der Waals surface area contributed by atoms with Crippen molar-refractivity contribution in [2.45, 2.75) is 56.8 Å². The van der Waals surface area contributed by atoms with Crippen LogP contribution in [0.5, 0.6) is 0 Å². The Hall–Kier alpha value is -0.940. The van der Waals surface area contributed by atoms with Gasteiger partial charge in [0, 0.05) is 25.2 Å². The molecular formula is C13H23N5. The fraction of sp³-hybridized carbons (Fsp3) is 0.846. The fourth-order valence-electron chi connectivity index (χ4n) is 3.50. The molecule has 3 rings (SSSR count). The molecule has 0 radical (unpaired) electrons. The van der Waals surface area contributed by atoms with E-state index < -0.39 is 0 Å². The van der Waals surface area contributed by atoms with Crippen molar-refractivity contribution >= 4 is 0 Å². The zero-order chi connectivity index (χ0) is 12.5. The van der Waals surface area contributed by atoms with Crippen molar-refractivity contribution in [3.8, 4) is 0 Å². The van der Waals surface area contributed by atoms with Crippen LogP contribution in [-0.4, -0.2) is 44.8 Å². The van der Waals surface area contributed by atoms with Gasteiger partial charge in [-0.3, -0.25) is 4.68 Å². The van der Waals surface area contributed by atoms with Crippen molar-refractivity contribution in [1.29, 1.82) is 0 Å². The molecule has 0 saturated carbocycles. The van der Waals surface area contributed by atoms with Crippen LogP contribution in [-0.2, 0) is 13.6 Å². The standard InChI is InChI=1S/C13H23N5/c1-17-11-4-3-5-12(17)7-10(6-11)14-8-13-15-9-16-18(13)2/h9-12,14H,3-8H2,1-2H3. The molecular weight excluding hydrogens is 226 g/mol. The molecule has 1 N–H and O–H groups in total. The van der Waals surface area contributed by atoms with Gasteiger partial charge in [-0.15, -0.1) is 0 Å². The summed E-state index contributed by atoms with van der Waals surface area (Å²) in [5.41, 5.74) is 0. The zero-order valence-electron chi connectivity index (χ0n) is 11.3. The van der Waals surface area contributed by atoms with E-state index in [2.05, 4.69) is 27.3 Å². The normalized spacial score (nSPS) is 32.7. The highest BCUT2D eigenvalue weighted by atomic mass is 15.3. The van der Waals surface area contributed by atoms with Crippen molar-refractivity contribution < 1.29 is 0 Å². The van der Waals surface area contributed by atoms with Crippen LogP contribution in [0.25, 0.3) is 0 Å². The summed E-state index contributed by atoms with van der Waals surface area (Å²) in [5, 5.41) is 7.77. The number of piperidine rings is 2. The molecule has 2 aliphatic rings. The molecule has 2 unspecified atom stereocenters. The van der Waals surface area contributed by atoms with E-state index >= 15 is 0 Å². The second-order valence-electron chi connectivity index (χ2n) is 5.75. The SMILES string of the molecule is CN1C2CCCC1CC(NCc1ncnn1C)C2. The van der Waals surface area contributed by atoms with E-state index in [1.54, 1.807) is 6.33 Å². The molecule has 1 aromatic heterocycles. The Labute approximate surface area is 109 Å². The minimum atomic E-state index is 0.646. The summed E-state index contributed by atoms with van der Waals surface area (Å²) in [7, 11) is 4.25. The zero-order valence-corrected chi connectivity index (χ0v) is 11.3. The van der Waals surface area contributed by atoms with Gasteiger partial charge in [0.05, 0.1) is 6.54 Å². The molecule has 2 aliphatic heterocycles. The molecule has 2 bridgehead atoms. The van der Waals surface area contributed by atoms with Crippen LogP contribution in [0.1, 0.15) is 37.9 Å². The van der Waals surface area contributed by atoms with E-state index in [-0.39, 0.29) is 0 Å². The number of rotatable bonds is 3. The number of aryl methyl sites for hydroxylation is 1. The van der Waals surface area contributed by atoms with Crippen molar-refractivity contribution in [1.82, 2.24) is 25.0 Å². The number of nitrogens with zero attached hydrogens (tertiary/aromatic N) is 4. The lowest BCUT2D eigenvalue weighted by Gasteiger charge is -2.47. The van der Waals surface area contributed by atoms with Crippen LogP contribution in [0, 0.1) is 0 Å². The summed E-state index contributed by atoms with van der Waals surface area (Å²) >= 11 is 0. The van der Waals surface area contributed by atoms with Crippen molar-refractivity contribution in [2.24, 2.45) is 7.05 Å². The van der Waals surface area contributed by atoms with E-state index in [0.717, 1.165) is 24.5 Å². The van der Waals surface area contributed by atoms with E-state index in [1.165, 1.54) is 32.1 Å². The minimum Gasteiger partial charge on any atom is -0.307 e. The Morgan fingerprint density at radius 3 is 2.61 bits per heavy atom. The molecule has 5 heteroatoms.